The predicted octanol–water partition coefficient (Wildman–Crippen LogP) is 4.63. The van der Waals surface area contributed by atoms with Gasteiger partial charge in [-0.25, -0.2) is 23.5 Å². The summed E-state index contributed by atoms with van der Waals surface area (Å²) in [5, 5.41) is 7.12. The average molecular weight is 593 g/mol. The largest absolute Gasteiger partial charge is 0.490 e. The Morgan fingerprint density at radius 1 is 1.07 bits per heavy atom. The third-order valence-electron chi connectivity index (χ3n) is 7.04. The second kappa shape index (κ2) is 12.3. The van der Waals surface area contributed by atoms with E-state index in [-0.39, 0.29) is 12.5 Å². The number of rotatable bonds is 5. The summed E-state index contributed by atoms with van der Waals surface area (Å²) in [5.41, 5.74) is 2.07. The Hall–Kier alpha value is -4.33. The van der Waals surface area contributed by atoms with E-state index in [4.69, 9.17) is 14.9 Å². The van der Waals surface area contributed by atoms with Crippen LogP contribution in [-0.2, 0) is 11.3 Å². The summed E-state index contributed by atoms with van der Waals surface area (Å²) in [6, 6.07) is 9.69. The normalized spacial score (nSPS) is 14.3. The lowest BCUT2D eigenvalue weighted by molar-refractivity contribution is -0.192. The number of hydrogen-bond donors (Lipinski definition) is 1. The van der Waals surface area contributed by atoms with Gasteiger partial charge in [-0.05, 0) is 52.1 Å². The molecule has 4 aromatic rings. The summed E-state index contributed by atoms with van der Waals surface area (Å²) in [6.45, 7) is 3.42. The van der Waals surface area contributed by atoms with Crippen LogP contribution in [0.4, 0.5) is 22.0 Å². The number of aryl methyl sites for hydroxylation is 1. The number of alkyl halides is 3. The van der Waals surface area contributed by atoms with Crippen molar-refractivity contribution in [1.82, 2.24) is 28.7 Å². The first-order chi connectivity index (χ1) is 19.8. The van der Waals surface area contributed by atoms with Crippen LogP contribution in [0.5, 0.6) is 0 Å². The fourth-order valence-corrected chi connectivity index (χ4v) is 4.72. The van der Waals surface area contributed by atoms with Gasteiger partial charge in [-0.15, -0.1) is 0 Å². The highest BCUT2D eigenvalue weighted by Crippen LogP contribution is 2.25. The van der Waals surface area contributed by atoms with Gasteiger partial charge in [0.1, 0.15) is 23.2 Å². The number of aliphatic carboxylic acids is 1. The van der Waals surface area contributed by atoms with E-state index in [0.717, 1.165) is 24.4 Å². The van der Waals surface area contributed by atoms with Crippen LogP contribution in [0.25, 0.3) is 17.0 Å². The minimum atomic E-state index is -5.08. The van der Waals surface area contributed by atoms with E-state index in [1.807, 2.05) is 40.6 Å². The Morgan fingerprint density at radius 3 is 2.33 bits per heavy atom. The molecule has 0 atom stereocenters. The molecule has 0 radical (unpaired) electrons. The van der Waals surface area contributed by atoms with E-state index in [1.165, 1.54) is 12.1 Å². The van der Waals surface area contributed by atoms with Gasteiger partial charge in [-0.3, -0.25) is 9.20 Å². The first kappa shape index (κ1) is 30.6. The van der Waals surface area contributed by atoms with Gasteiger partial charge in [-0.2, -0.15) is 13.2 Å². The highest BCUT2D eigenvalue weighted by molar-refractivity contribution is 6.00. The van der Waals surface area contributed by atoms with Gasteiger partial charge in [0.2, 0.25) is 0 Å². The Labute approximate surface area is 237 Å². The number of amides is 1. The zero-order valence-electron chi connectivity index (χ0n) is 23.1. The van der Waals surface area contributed by atoms with Crippen molar-refractivity contribution >= 4 is 17.4 Å². The second-order valence-corrected chi connectivity index (χ2v) is 10.1. The minimum Gasteiger partial charge on any atom is -0.475 e. The lowest BCUT2D eigenvalue weighted by Crippen LogP contribution is -2.44. The first-order valence-corrected chi connectivity index (χ1v) is 13.0. The molecule has 224 valence electrons. The molecular weight excluding hydrogens is 563 g/mol. The Kier molecular flexibility index (Phi) is 8.95. The van der Waals surface area contributed by atoms with Crippen LogP contribution in [0, 0.1) is 18.6 Å². The van der Waals surface area contributed by atoms with E-state index in [0.29, 0.717) is 47.7 Å². The Morgan fingerprint density at radius 2 is 1.74 bits per heavy atom. The number of likely N-dealkylation sites (tertiary alicyclic amines) is 1. The maximum absolute atomic E-state index is 14.2. The SMILES string of the molecule is Cc1nc(-c2nc(C(=O)N3CCC(N(C)C)CC3)c3ccccn23)cn1Cc1ccc(F)cc1F.O=C(O)C(F)(F)F. The first-order valence-electron chi connectivity index (χ1n) is 13.0. The molecule has 0 bridgehead atoms. The molecule has 1 aromatic carbocycles. The standard InChI is InChI=1S/C26H28F2N6O.C2HF3O2/c1-17-29-22(16-33(17)15-18-7-8-19(27)14-21(18)28)25-30-24(23-6-4-5-11-34(23)25)26(35)32-12-9-20(10-13-32)31(2)3;3-2(4,5)1(6)7/h4-8,11,14,16,20H,9-10,12-13,15H2,1-3H3;(H,6,7). The molecule has 0 spiro atoms. The molecule has 1 amide bonds. The number of carbonyl (C=O) groups is 2. The number of aromatic nitrogens is 4. The monoisotopic (exact) mass is 592 g/mol. The molecule has 0 unspecified atom stereocenters. The van der Waals surface area contributed by atoms with Gasteiger partial charge >= 0.3 is 12.1 Å². The average Bonchev–Trinajstić information content (AvgIpc) is 3.50. The number of pyridine rings is 1. The van der Waals surface area contributed by atoms with Crippen molar-refractivity contribution < 1.29 is 36.6 Å². The minimum absolute atomic E-state index is 0.0818. The van der Waals surface area contributed by atoms with Crippen LogP contribution in [0.1, 0.15) is 34.7 Å². The molecule has 1 N–H and O–H groups in total. The second-order valence-electron chi connectivity index (χ2n) is 10.1. The number of benzene rings is 1. The fourth-order valence-electron chi connectivity index (χ4n) is 4.72. The Bertz CT molecular complexity index is 1590. The molecule has 1 aliphatic rings. The molecule has 5 rings (SSSR count). The van der Waals surface area contributed by atoms with Crippen LogP contribution in [0.15, 0.2) is 48.8 Å². The molecule has 9 nitrogen and oxygen atoms in total. The van der Waals surface area contributed by atoms with Crippen molar-refractivity contribution in [2.45, 2.75) is 38.5 Å². The smallest absolute Gasteiger partial charge is 0.475 e. The van der Waals surface area contributed by atoms with Crippen molar-refractivity contribution in [3.05, 3.63) is 77.5 Å². The van der Waals surface area contributed by atoms with E-state index in [9.17, 15) is 26.7 Å². The molecule has 0 aliphatic carbocycles. The summed E-state index contributed by atoms with van der Waals surface area (Å²) >= 11 is 0. The van der Waals surface area contributed by atoms with Crippen LogP contribution in [0.2, 0.25) is 0 Å². The summed E-state index contributed by atoms with van der Waals surface area (Å²) < 4.78 is 62.9. The highest BCUT2D eigenvalue weighted by Gasteiger charge is 2.38. The van der Waals surface area contributed by atoms with Gasteiger partial charge in [0, 0.05) is 43.2 Å². The van der Waals surface area contributed by atoms with E-state index in [2.05, 4.69) is 24.0 Å². The van der Waals surface area contributed by atoms with Crippen molar-refractivity contribution in [2.24, 2.45) is 0 Å². The van der Waals surface area contributed by atoms with Crippen molar-refractivity contribution in [2.75, 3.05) is 27.2 Å². The maximum atomic E-state index is 14.2. The summed E-state index contributed by atoms with van der Waals surface area (Å²) in [7, 11) is 4.14. The molecule has 3 aromatic heterocycles. The zero-order valence-corrected chi connectivity index (χ0v) is 23.1. The predicted molar refractivity (Wildman–Crippen MR) is 143 cm³/mol. The van der Waals surface area contributed by atoms with Gasteiger partial charge < -0.3 is 19.5 Å². The molecule has 4 heterocycles. The van der Waals surface area contributed by atoms with Crippen LogP contribution in [-0.4, -0.2) is 85.1 Å². The van der Waals surface area contributed by atoms with Crippen molar-refractivity contribution in [3.63, 3.8) is 0 Å². The van der Waals surface area contributed by atoms with E-state index in [1.54, 1.807) is 10.8 Å². The van der Waals surface area contributed by atoms with Crippen molar-refractivity contribution in [1.29, 1.82) is 0 Å². The summed E-state index contributed by atoms with van der Waals surface area (Å²) in [6.07, 6.45) is 0.430. The molecule has 14 heteroatoms. The summed E-state index contributed by atoms with van der Waals surface area (Å²) in [4.78, 5) is 35.8. The number of carboxylic acid groups (broad SMARTS) is 1. The number of imidazole rings is 2. The van der Waals surface area contributed by atoms with E-state index >= 15 is 0 Å². The molecular formula is C28H29F5N6O3. The topological polar surface area (TPSA) is 96.0 Å². The zero-order chi connectivity index (χ0) is 30.8. The third kappa shape index (κ3) is 6.75. The number of nitrogens with zero attached hydrogens (tertiary/aromatic N) is 6. The van der Waals surface area contributed by atoms with Gasteiger partial charge in [0.25, 0.3) is 5.91 Å². The molecule has 1 saturated heterocycles. The number of carboxylic acids is 1. The number of halogens is 5. The van der Waals surface area contributed by atoms with Gasteiger partial charge in [0.15, 0.2) is 11.5 Å². The quantitative estimate of drug-likeness (QED) is 0.340. The Balaban J connectivity index is 0.000000517. The van der Waals surface area contributed by atoms with Gasteiger partial charge in [0.05, 0.1) is 12.1 Å². The third-order valence-corrected chi connectivity index (χ3v) is 7.04. The molecule has 1 fully saturated rings. The highest BCUT2D eigenvalue weighted by atomic mass is 19.4. The molecule has 0 saturated carbocycles. The van der Waals surface area contributed by atoms with E-state index < -0.39 is 23.8 Å². The van der Waals surface area contributed by atoms with Gasteiger partial charge in [-0.1, -0.05) is 12.1 Å². The molecule has 42 heavy (non-hydrogen) atoms. The number of hydrogen-bond acceptors (Lipinski definition) is 5. The number of piperidine rings is 1. The maximum Gasteiger partial charge on any atom is 0.490 e. The molecule has 1 aliphatic heterocycles. The lowest BCUT2D eigenvalue weighted by atomic mass is 10.0. The van der Waals surface area contributed by atoms with Crippen LogP contribution < -0.4 is 0 Å². The number of fused-ring (bicyclic) bond motifs is 1. The van der Waals surface area contributed by atoms with Crippen LogP contribution >= 0.6 is 0 Å². The lowest BCUT2D eigenvalue weighted by Gasteiger charge is -2.34. The summed E-state index contributed by atoms with van der Waals surface area (Å²) in [5.74, 6) is -2.84. The van der Waals surface area contributed by atoms with Crippen molar-refractivity contribution in [3.8, 4) is 11.5 Å². The fraction of sp³-hybridized carbons (Fsp3) is 0.357. The van der Waals surface area contributed by atoms with Crippen LogP contribution in [0.3, 0.4) is 0 Å². The number of carbonyl (C=O) groups excluding carboxylic acids is 1.